The summed E-state index contributed by atoms with van der Waals surface area (Å²) < 4.78 is 32.6. The third kappa shape index (κ3) is 3.71. The van der Waals surface area contributed by atoms with Gasteiger partial charge in [-0.25, -0.2) is 13.4 Å². The van der Waals surface area contributed by atoms with Gasteiger partial charge in [-0.3, -0.25) is 4.72 Å². The van der Waals surface area contributed by atoms with Crippen LogP contribution in [-0.2, 0) is 10.0 Å². The highest BCUT2D eigenvalue weighted by Crippen LogP contribution is 2.19. The molecule has 0 spiro atoms. The molecule has 0 aliphatic carbocycles. The summed E-state index contributed by atoms with van der Waals surface area (Å²) in [6.45, 7) is 2.40. The molecule has 7 heteroatoms. The minimum Gasteiger partial charge on any atom is -0.494 e. The summed E-state index contributed by atoms with van der Waals surface area (Å²) in [5, 5.41) is 0. The average Bonchev–Trinajstić information content (AvgIpc) is 2.39. The zero-order valence-electron chi connectivity index (χ0n) is 10.7. The van der Waals surface area contributed by atoms with Gasteiger partial charge in [0.2, 0.25) is 0 Å². The topological polar surface area (TPSA) is 68.3 Å². The Labute approximate surface area is 126 Å². The van der Waals surface area contributed by atoms with Gasteiger partial charge in [0.15, 0.2) is 0 Å². The molecule has 0 saturated carbocycles. The fraction of sp³-hybridized carbons (Fsp3) is 0.154. The molecular formula is C13H13BrN2O3S. The van der Waals surface area contributed by atoms with Crippen LogP contribution in [0.3, 0.4) is 0 Å². The molecule has 0 unspecified atom stereocenters. The van der Waals surface area contributed by atoms with Crippen molar-refractivity contribution in [3.05, 3.63) is 47.1 Å². The van der Waals surface area contributed by atoms with Crippen molar-refractivity contribution in [2.24, 2.45) is 0 Å². The summed E-state index contributed by atoms with van der Waals surface area (Å²) in [5.41, 5.74) is 0. The second-order valence-corrected chi connectivity index (χ2v) is 6.35. The Morgan fingerprint density at radius 1 is 1.20 bits per heavy atom. The molecule has 0 aliphatic heterocycles. The van der Waals surface area contributed by atoms with E-state index in [9.17, 15) is 8.42 Å². The molecule has 2 rings (SSSR count). The van der Waals surface area contributed by atoms with E-state index in [1.54, 1.807) is 30.3 Å². The molecular weight excluding hydrogens is 344 g/mol. The number of anilines is 1. The third-order valence-corrected chi connectivity index (χ3v) is 4.21. The lowest BCUT2D eigenvalue weighted by atomic mass is 10.3. The monoisotopic (exact) mass is 356 g/mol. The van der Waals surface area contributed by atoms with Gasteiger partial charge in [0.25, 0.3) is 10.0 Å². The number of rotatable bonds is 5. The van der Waals surface area contributed by atoms with E-state index in [1.165, 1.54) is 12.1 Å². The summed E-state index contributed by atoms with van der Waals surface area (Å²) in [5.74, 6) is 0.889. The van der Waals surface area contributed by atoms with Crippen molar-refractivity contribution in [3.63, 3.8) is 0 Å². The number of nitrogens with one attached hydrogen (secondary N) is 1. The van der Waals surface area contributed by atoms with E-state index in [4.69, 9.17) is 4.74 Å². The lowest BCUT2D eigenvalue weighted by Crippen LogP contribution is -2.13. The molecule has 0 radical (unpaired) electrons. The molecule has 2 aromatic rings. The van der Waals surface area contributed by atoms with Crippen molar-refractivity contribution in [1.82, 2.24) is 4.98 Å². The minimum absolute atomic E-state index is 0.155. The predicted octanol–water partition coefficient (Wildman–Crippen LogP) is 3.04. The molecule has 106 valence electrons. The van der Waals surface area contributed by atoms with Gasteiger partial charge in [0, 0.05) is 0 Å². The van der Waals surface area contributed by atoms with Crippen LogP contribution in [-0.4, -0.2) is 20.0 Å². The van der Waals surface area contributed by atoms with Crippen LogP contribution in [0.2, 0.25) is 0 Å². The number of aromatic nitrogens is 1. The van der Waals surface area contributed by atoms with E-state index < -0.39 is 10.0 Å². The van der Waals surface area contributed by atoms with Crippen molar-refractivity contribution in [2.75, 3.05) is 11.3 Å². The number of benzene rings is 1. The summed E-state index contributed by atoms with van der Waals surface area (Å²) in [7, 11) is -3.65. The number of pyridine rings is 1. The van der Waals surface area contributed by atoms with Crippen LogP contribution in [0.25, 0.3) is 0 Å². The smallest absolute Gasteiger partial charge is 0.263 e. The number of sulfonamides is 1. The Morgan fingerprint density at radius 3 is 2.50 bits per heavy atom. The third-order valence-electron chi connectivity index (χ3n) is 2.40. The number of hydrogen-bond acceptors (Lipinski definition) is 4. The van der Waals surface area contributed by atoms with E-state index in [-0.39, 0.29) is 10.7 Å². The summed E-state index contributed by atoms with van der Waals surface area (Å²) in [4.78, 5) is 4.19. The van der Waals surface area contributed by atoms with Crippen molar-refractivity contribution >= 4 is 31.8 Å². The average molecular weight is 357 g/mol. The highest BCUT2D eigenvalue weighted by Gasteiger charge is 2.14. The number of hydrogen-bond donors (Lipinski definition) is 1. The van der Waals surface area contributed by atoms with Gasteiger partial charge < -0.3 is 4.74 Å². The predicted molar refractivity (Wildman–Crippen MR) is 80.4 cm³/mol. The van der Waals surface area contributed by atoms with Crippen LogP contribution in [0.4, 0.5) is 5.82 Å². The fourth-order valence-electron chi connectivity index (χ4n) is 1.54. The fourth-order valence-corrected chi connectivity index (χ4v) is 2.89. The van der Waals surface area contributed by atoms with E-state index in [1.807, 2.05) is 6.92 Å². The van der Waals surface area contributed by atoms with Crippen LogP contribution in [0, 0.1) is 0 Å². The molecule has 1 aromatic carbocycles. The number of nitrogens with zero attached hydrogens (tertiary/aromatic N) is 1. The largest absolute Gasteiger partial charge is 0.494 e. The molecule has 1 aromatic heterocycles. The first-order chi connectivity index (χ1) is 9.51. The molecule has 5 nitrogen and oxygen atoms in total. The van der Waals surface area contributed by atoms with Crippen LogP contribution >= 0.6 is 15.9 Å². The summed E-state index contributed by atoms with van der Waals surface area (Å²) in [6.07, 6.45) is 0. The molecule has 0 saturated heterocycles. The highest BCUT2D eigenvalue weighted by molar-refractivity contribution is 9.10. The maximum Gasteiger partial charge on any atom is 0.263 e. The van der Waals surface area contributed by atoms with Gasteiger partial charge in [-0.1, -0.05) is 6.07 Å². The Balaban J connectivity index is 2.21. The molecule has 0 atom stereocenters. The SMILES string of the molecule is CCOc1ccc(S(=O)(=O)Nc2cccc(Br)n2)cc1. The molecule has 1 N–H and O–H groups in total. The number of ether oxygens (including phenoxy) is 1. The van der Waals surface area contributed by atoms with Crippen molar-refractivity contribution in [2.45, 2.75) is 11.8 Å². The molecule has 20 heavy (non-hydrogen) atoms. The quantitative estimate of drug-likeness (QED) is 0.836. The van der Waals surface area contributed by atoms with Crippen LogP contribution in [0.15, 0.2) is 52.0 Å². The molecule has 0 amide bonds. The first-order valence-corrected chi connectivity index (χ1v) is 8.17. The zero-order chi connectivity index (χ0) is 14.6. The first-order valence-electron chi connectivity index (χ1n) is 5.89. The summed E-state index contributed by atoms with van der Waals surface area (Å²) >= 11 is 3.19. The maximum atomic E-state index is 12.2. The Kier molecular flexibility index (Phi) is 4.61. The van der Waals surface area contributed by atoms with Crippen molar-refractivity contribution < 1.29 is 13.2 Å². The van der Waals surface area contributed by atoms with Crippen molar-refractivity contribution in [1.29, 1.82) is 0 Å². The van der Waals surface area contributed by atoms with Crippen molar-refractivity contribution in [3.8, 4) is 5.75 Å². The normalized spacial score (nSPS) is 11.1. The Morgan fingerprint density at radius 2 is 1.90 bits per heavy atom. The standard InChI is InChI=1S/C13H13BrN2O3S/c1-2-19-10-6-8-11(9-7-10)20(17,18)16-13-5-3-4-12(14)15-13/h3-9H,2H2,1H3,(H,15,16). The van der Waals surface area contributed by atoms with Gasteiger partial charge in [0.1, 0.15) is 16.2 Å². The lowest BCUT2D eigenvalue weighted by Gasteiger charge is -2.08. The van der Waals surface area contributed by atoms with Gasteiger partial charge >= 0.3 is 0 Å². The van der Waals surface area contributed by atoms with Crippen LogP contribution < -0.4 is 9.46 Å². The summed E-state index contributed by atoms with van der Waals surface area (Å²) in [6, 6.07) is 11.2. The minimum atomic E-state index is -3.65. The molecule has 1 heterocycles. The first kappa shape index (κ1) is 14.8. The van der Waals surface area contributed by atoms with Gasteiger partial charge in [0.05, 0.1) is 11.5 Å². The lowest BCUT2D eigenvalue weighted by molar-refractivity contribution is 0.340. The van der Waals surface area contributed by atoms with Gasteiger partial charge in [-0.2, -0.15) is 0 Å². The van der Waals surface area contributed by atoms with Crippen LogP contribution in [0.5, 0.6) is 5.75 Å². The van der Waals surface area contributed by atoms with Gasteiger partial charge in [-0.05, 0) is 59.3 Å². The Hall–Kier alpha value is -1.60. The molecule has 0 fully saturated rings. The van der Waals surface area contributed by atoms with E-state index in [0.29, 0.717) is 17.0 Å². The van der Waals surface area contributed by atoms with E-state index in [2.05, 4.69) is 25.6 Å². The van der Waals surface area contributed by atoms with E-state index in [0.717, 1.165) is 0 Å². The zero-order valence-corrected chi connectivity index (χ0v) is 13.1. The molecule has 0 aliphatic rings. The second kappa shape index (κ2) is 6.23. The highest BCUT2D eigenvalue weighted by atomic mass is 79.9. The number of halogens is 1. The second-order valence-electron chi connectivity index (χ2n) is 3.86. The maximum absolute atomic E-state index is 12.2. The molecule has 0 bridgehead atoms. The Bertz CT molecular complexity index is 687. The van der Waals surface area contributed by atoms with E-state index >= 15 is 0 Å². The van der Waals surface area contributed by atoms with Crippen LogP contribution in [0.1, 0.15) is 6.92 Å². The van der Waals surface area contributed by atoms with Gasteiger partial charge in [-0.15, -0.1) is 0 Å².